The lowest BCUT2D eigenvalue weighted by molar-refractivity contribution is -0.141. The summed E-state index contributed by atoms with van der Waals surface area (Å²) in [5.41, 5.74) is -0.366. The quantitative estimate of drug-likeness (QED) is 0.302. The highest BCUT2D eigenvalue weighted by Crippen LogP contribution is 2.36. The SMILES string of the molecule is COc1cc(-c2cn([C@H]3CCc4c(F)cccc4N(CC(F)(F)F)C3=O)nn2)ccc1-n1cnc(C(F)(F)F)c1. The molecule has 0 N–H and O–H groups in total. The number of methoxy groups -OCH3 is 1. The van der Waals surface area contributed by atoms with Gasteiger partial charge in [0.15, 0.2) is 5.69 Å². The standard InChI is InChI=1S/C25H19F7N6O2/c1-40-21-9-14(5-7-19(21)36-11-22(33-13-36)25(30,31)32)17-10-38(35-34-17)20-8-6-15-16(26)3-2-4-18(15)37(23(20)39)12-24(27,28)29/h2-5,7,9-11,13,20H,6,8,12H2,1H3/t20-/m0/s1. The second-order valence-corrected chi connectivity index (χ2v) is 8.97. The molecular formula is C25H19F7N6O2. The minimum Gasteiger partial charge on any atom is -0.495 e. The van der Waals surface area contributed by atoms with Gasteiger partial charge in [-0.3, -0.25) is 4.79 Å². The molecule has 4 aromatic rings. The van der Waals surface area contributed by atoms with Gasteiger partial charge in [0.05, 0.1) is 31.0 Å². The third-order valence-corrected chi connectivity index (χ3v) is 6.40. The summed E-state index contributed by atoms with van der Waals surface area (Å²) >= 11 is 0. The lowest BCUT2D eigenvalue weighted by Crippen LogP contribution is -2.42. The number of aromatic nitrogens is 5. The first-order valence-electron chi connectivity index (χ1n) is 11.7. The van der Waals surface area contributed by atoms with Crippen molar-refractivity contribution in [2.45, 2.75) is 31.2 Å². The Bertz CT molecular complexity index is 1560. The normalized spacial score (nSPS) is 16.1. The number of anilines is 1. The van der Waals surface area contributed by atoms with Crippen molar-refractivity contribution >= 4 is 11.6 Å². The van der Waals surface area contributed by atoms with Gasteiger partial charge in [-0.25, -0.2) is 14.1 Å². The Balaban J connectivity index is 1.46. The number of carbonyl (C=O) groups excluding carboxylic acids is 1. The van der Waals surface area contributed by atoms with Gasteiger partial charge in [0, 0.05) is 17.3 Å². The van der Waals surface area contributed by atoms with Crippen LogP contribution in [0.25, 0.3) is 16.9 Å². The van der Waals surface area contributed by atoms with E-state index in [0.29, 0.717) is 10.5 Å². The van der Waals surface area contributed by atoms with E-state index in [2.05, 4.69) is 15.3 Å². The number of hydrogen-bond donors (Lipinski definition) is 0. The van der Waals surface area contributed by atoms with E-state index in [1.54, 1.807) is 0 Å². The Morgan fingerprint density at radius 2 is 1.82 bits per heavy atom. The van der Waals surface area contributed by atoms with Crippen molar-refractivity contribution in [1.29, 1.82) is 0 Å². The predicted octanol–water partition coefficient (Wildman–Crippen LogP) is 5.38. The van der Waals surface area contributed by atoms with Crippen molar-refractivity contribution in [1.82, 2.24) is 24.5 Å². The average molecular weight is 568 g/mol. The number of fused-ring (bicyclic) bond motifs is 1. The first-order valence-corrected chi connectivity index (χ1v) is 11.7. The summed E-state index contributed by atoms with van der Waals surface area (Å²) in [6.07, 6.45) is -6.27. The monoisotopic (exact) mass is 568 g/mol. The number of carbonyl (C=O) groups is 1. The minimum absolute atomic E-state index is 0.00329. The Labute approximate surface area is 221 Å². The number of benzene rings is 2. The number of imidazole rings is 1. The summed E-state index contributed by atoms with van der Waals surface area (Å²) in [6, 6.07) is 6.89. The third kappa shape index (κ3) is 5.22. The molecule has 0 spiro atoms. The fourth-order valence-electron chi connectivity index (χ4n) is 4.55. The fraction of sp³-hybridized carbons (Fsp3) is 0.280. The van der Waals surface area contributed by atoms with Crippen molar-refractivity contribution in [2.24, 2.45) is 0 Å². The molecular weight excluding hydrogens is 549 g/mol. The molecule has 0 unspecified atom stereocenters. The summed E-state index contributed by atoms with van der Waals surface area (Å²) in [7, 11) is 1.32. The zero-order valence-corrected chi connectivity index (χ0v) is 20.5. The topological polar surface area (TPSA) is 78.1 Å². The number of ether oxygens (including phenoxy) is 1. The number of rotatable bonds is 5. The first kappa shape index (κ1) is 27.1. The highest BCUT2D eigenvalue weighted by molar-refractivity contribution is 5.97. The van der Waals surface area contributed by atoms with E-state index in [-0.39, 0.29) is 41.2 Å². The van der Waals surface area contributed by atoms with Crippen LogP contribution in [0, 0.1) is 5.82 Å². The van der Waals surface area contributed by atoms with Gasteiger partial charge in [0.1, 0.15) is 29.8 Å². The zero-order chi connectivity index (χ0) is 28.8. The highest BCUT2D eigenvalue weighted by Gasteiger charge is 2.40. The molecule has 5 rings (SSSR count). The molecule has 1 aliphatic heterocycles. The van der Waals surface area contributed by atoms with Crippen LogP contribution in [0.4, 0.5) is 36.4 Å². The number of halogens is 7. The maximum atomic E-state index is 14.5. The average Bonchev–Trinajstić information content (AvgIpc) is 3.55. The van der Waals surface area contributed by atoms with Gasteiger partial charge >= 0.3 is 12.4 Å². The molecule has 15 heteroatoms. The summed E-state index contributed by atoms with van der Waals surface area (Å²) in [5, 5.41) is 7.98. The third-order valence-electron chi connectivity index (χ3n) is 6.40. The van der Waals surface area contributed by atoms with Crippen LogP contribution in [0.3, 0.4) is 0 Å². The van der Waals surface area contributed by atoms with Crippen LogP contribution in [0.15, 0.2) is 55.1 Å². The highest BCUT2D eigenvalue weighted by atomic mass is 19.4. The summed E-state index contributed by atoms with van der Waals surface area (Å²) in [6.45, 7) is -1.61. The Kier molecular flexibility index (Phi) is 6.75. The number of alkyl halides is 6. The van der Waals surface area contributed by atoms with Gasteiger partial charge < -0.3 is 14.2 Å². The van der Waals surface area contributed by atoms with Gasteiger partial charge in [0.25, 0.3) is 5.91 Å². The van der Waals surface area contributed by atoms with Crippen LogP contribution in [0.2, 0.25) is 0 Å². The molecule has 0 saturated heterocycles. The van der Waals surface area contributed by atoms with Crippen molar-refractivity contribution in [3.63, 3.8) is 0 Å². The molecule has 0 aliphatic carbocycles. The van der Waals surface area contributed by atoms with E-state index < -0.39 is 42.4 Å². The van der Waals surface area contributed by atoms with E-state index in [9.17, 15) is 35.5 Å². The summed E-state index contributed by atoms with van der Waals surface area (Å²) in [5.74, 6) is -1.47. The first-order chi connectivity index (χ1) is 18.9. The minimum atomic E-state index is -4.74. The maximum Gasteiger partial charge on any atom is 0.434 e. The molecule has 1 atom stereocenters. The van der Waals surface area contributed by atoms with E-state index in [1.165, 1.54) is 43.6 Å². The van der Waals surface area contributed by atoms with Crippen LogP contribution in [0.1, 0.15) is 23.7 Å². The zero-order valence-electron chi connectivity index (χ0n) is 20.5. The second-order valence-electron chi connectivity index (χ2n) is 8.97. The van der Waals surface area contributed by atoms with E-state index in [4.69, 9.17) is 4.74 Å². The molecule has 0 fully saturated rings. The number of nitrogens with zero attached hydrogens (tertiary/aromatic N) is 6. The molecule has 0 radical (unpaired) electrons. The Morgan fingerprint density at radius 1 is 1.05 bits per heavy atom. The van der Waals surface area contributed by atoms with E-state index >= 15 is 0 Å². The molecule has 2 aromatic carbocycles. The summed E-state index contributed by atoms with van der Waals surface area (Å²) in [4.78, 5) is 17.2. The van der Waals surface area contributed by atoms with Crippen LogP contribution < -0.4 is 9.64 Å². The molecule has 0 saturated carbocycles. The van der Waals surface area contributed by atoms with Gasteiger partial charge in [0.2, 0.25) is 0 Å². The molecule has 210 valence electrons. The summed E-state index contributed by atoms with van der Waals surface area (Å²) < 4.78 is 101. The molecule has 1 aliphatic rings. The van der Waals surface area contributed by atoms with E-state index in [1.807, 2.05) is 0 Å². The van der Waals surface area contributed by atoms with Crippen LogP contribution in [-0.4, -0.2) is 50.3 Å². The predicted molar refractivity (Wildman–Crippen MR) is 126 cm³/mol. The lowest BCUT2D eigenvalue weighted by atomic mass is 10.1. The van der Waals surface area contributed by atoms with Crippen LogP contribution in [0.5, 0.6) is 5.75 Å². The van der Waals surface area contributed by atoms with Crippen LogP contribution >= 0.6 is 0 Å². The van der Waals surface area contributed by atoms with Gasteiger partial charge in [-0.2, -0.15) is 26.3 Å². The van der Waals surface area contributed by atoms with Crippen molar-refractivity contribution in [3.8, 4) is 22.7 Å². The van der Waals surface area contributed by atoms with Gasteiger partial charge in [-0.1, -0.05) is 17.3 Å². The molecule has 0 bridgehead atoms. The van der Waals surface area contributed by atoms with Crippen molar-refractivity contribution in [3.05, 3.63) is 72.2 Å². The molecule has 1 amide bonds. The van der Waals surface area contributed by atoms with Crippen LogP contribution in [-0.2, 0) is 17.4 Å². The van der Waals surface area contributed by atoms with E-state index in [0.717, 1.165) is 27.8 Å². The molecule has 40 heavy (non-hydrogen) atoms. The fourth-order valence-corrected chi connectivity index (χ4v) is 4.55. The molecule has 3 heterocycles. The molecule has 8 nitrogen and oxygen atoms in total. The van der Waals surface area contributed by atoms with Gasteiger partial charge in [-0.05, 0) is 37.1 Å². The second kappa shape index (κ2) is 9.95. The number of hydrogen-bond acceptors (Lipinski definition) is 5. The Hall–Kier alpha value is -4.43. The van der Waals surface area contributed by atoms with Crippen molar-refractivity contribution in [2.75, 3.05) is 18.6 Å². The largest absolute Gasteiger partial charge is 0.495 e. The lowest BCUT2D eigenvalue weighted by Gasteiger charge is -2.26. The number of amides is 1. The van der Waals surface area contributed by atoms with Gasteiger partial charge in [-0.15, -0.1) is 5.10 Å². The van der Waals surface area contributed by atoms with Crippen molar-refractivity contribution < 1.29 is 40.3 Å². The smallest absolute Gasteiger partial charge is 0.434 e. The Morgan fingerprint density at radius 3 is 2.50 bits per heavy atom. The molecule has 2 aromatic heterocycles. The maximum absolute atomic E-state index is 14.5.